The molecule has 2 aromatic rings. The minimum absolute atomic E-state index is 0.0881. The van der Waals surface area contributed by atoms with Gasteiger partial charge in [-0.3, -0.25) is 13.9 Å². The summed E-state index contributed by atoms with van der Waals surface area (Å²) < 4.78 is 26.9. The molecular formula is C31H45N3O4S. The number of hydrogen-bond acceptors (Lipinski definition) is 4. The monoisotopic (exact) mass is 555 g/mol. The van der Waals surface area contributed by atoms with Crippen LogP contribution in [0.1, 0.15) is 82.9 Å². The van der Waals surface area contributed by atoms with E-state index in [2.05, 4.69) is 26.1 Å². The molecule has 7 nitrogen and oxygen atoms in total. The number of rotatable bonds is 10. The summed E-state index contributed by atoms with van der Waals surface area (Å²) in [7, 11) is -3.76. The van der Waals surface area contributed by atoms with Gasteiger partial charge in [-0.1, -0.05) is 88.9 Å². The predicted octanol–water partition coefficient (Wildman–Crippen LogP) is 5.31. The first-order valence-electron chi connectivity index (χ1n) is 14.0. The molecule has 1 saturated carbocycles. The van der Waals surface area contributed by atoms with Crippen molar-refractivity contribution in [2.75, 3.05) is 17.1 Å². The van der Waals surface area contributed by atoms with E-state index in [1.165, 1.54) is 6.42 Å². The summed E-state index contributed by atoms with van der Waals surface area (Å²) in [5.41, 5.74) is 3.39. The lowest BCUT2D eigenvalue weighted by Gasteiger charge is -2.34. The molecule has 1 fully saturated rings. The highest BCUT2D eigenvalue weighted by Crippen LogP contribution is 2.26. The topological polar surface area (TPSA) is 86.8 Å². The van der Waals surface area contributed by atoms with Crippen LogP contribution in [-0.2, 0) is 31.6 Å². The Morgan fingerprint density at radius 1 is 0.974 bits per heavy atom. The standard InChI is InChI=1S/C31H45N3O4S/c1-7-28(30(36)32-26-11-9-8-10-12-26)33(21-24-15-13-23(2)14-16-24)29(35)22-34(39(6,37)38)27-19-17-25(18-20-27)31(3,4)5/h13-20,26,28H,7-12,21-22H2,1-6H3,(H,32,36)/t28-/m1/s1. The zero-order chi connectivity index (χ0) is 28.8. The maximum absolute atomic E-state index is 13.9. The Labute approximate surface area is 235 Å². The zero-order valence-corrected chi connectivity index (χ0v) is 25.2. The molecule has 39 heavy (non-hydrogen) atoms. The molecule has 0 aromatic heterocycles. The molecule has 0 bridgehead atoms. The van der Waals surface area contributed by atoms with Crippen LogP contribution in [0.5, 0.6) is 0 Å². The first-order chi connectivity index (χ1) is 18.3. The lowest BCUT2D eigenvalue weighted by molar-refractivity contribution is -0.140. The molecule has 2 amide bonds. The van der Waals surface area contributed by atoms with Crippen LogP contribution in [0.4, 0.5) is 5.69 Å². The average Bonchev–Trinajstić information content (AvgIpc) is 2.87. The van der Waals surface area contributed by atoms with Gasteiger partial charge in [-0.2, -0.15) is 0 Å². The molecule has 2 aromatic carbocycles. The summed E-state index contributed by atoms with van der Waals surface area (Å²) in [5, 5.41) is 3.17. The summed E-state index contributed by atoms with van der Waals surface area (Å²) in [6, 6.07) is 14.5. The molecule has 3 rings (SSSR count). The number of nitrogens with one attached hydrogen (secondary N) is 1. The molecule has 1 N–H and O–H groups in total. The quantitative estimate of drug-likeness (QED) is 0.430. The van der Waals surface area contributed by atoms with E-state index >= 15 is 0 Å². The Morgan fingerprint density at radius 3 is 2.08 bits per heavy atom. The van der Waals surface area contributed by atoms with E-state index in [4.69, 9.17) is 0 Å². The lowest BCUT2D eigenvalue weighted by Crippen LogP contribution is -2.53. The van der Waals surface area contributed by atoms with Crippen molar-refractivity contribution in [3.05, 3.63) is 65.2 Å². The van der Waals surface area contributed by atoms with Gasteiger partial charge in [0, 0.05) is 12.6 Å². The van der Waals surface area contributed by atoms with Crippen molar-refractivity contribution in [2.24, 2.45) is 0 Å². The van der Waals surface area contributed by atoms with Gasteiger partial charge in [0.1, 0.15) is 12.6 Å². The van der Waals surface area contributed by atoms with E-state index in [1.54, 1.807) is 17.0 Å². The van der Waals surface area contributed by atoms with Crippen molar-refractivity contribution in [1.82, 2.24) is 10.2 Å². The maximum atomic E-state index is 13.9. The number of sulfonamides is 1. The van der Waals surface area contributed by atoms with Crippen molar-refractivity contribution in [1.29, 1.82) is 0 Å². The molecule has 8 heteroatoms. The largest absolute Gasteiger partial charge is 0.352 e. The molecule has 1 aliphatic carbocycles. The van der Waals surface area contributed by atoms with Crippen LogP contribution >= 0.6 is 0 Å². The van der Waals surface area contributed by atoms with E-state index in [0.29, 0.717) is 12.1 Å². The summed E-state index contributed by atoms with van der Waals surface area (Å²) in [4.78, 5) is 28.9. The van der Waals surface area contributed by atoms with Gasteiger partial charge in [-0.15, -0.1) is 0 Å². The van der Waals surface area contributed by atoms with Gasteiger partial charge < -0.3 is 10.2 Å². The fourth-order valence-corrected chi connectivity index (χ4v) is 5.94. The van der Waals surface area contributed by atoms with Gasteiger partial charge in [0.05, 0.1) is 11.9 Å². The Hall–Kier alpha value is -2.87. The van der Waals surface area contributed by atoms with Crippen LogP contribution in [0.2, 0.25) is 0 Å². The lowest BCUT2D eigenvalue weighted by atomic mass is 9.87. The Kier molecular flexibility index (Phi) is 10.2. The second-order valence-electron chi connectivity index (χ2n) is 11.8. The molecule has 0 spiro atoms. The molecule has 0 radical (unpaired) electrons. The number of hydrogen-bond donors (Lipinski definition) is 1. The second-order valence-corrected chi connectivity index (χ2v) is 13.7. The van der Waals surface area contributed by atoms with Crippen molar-refractivity contribution in [3.8, 4) is 0 Å². The summed E-state index contributed by atoms with van der Waals surface area (Å²) in [5.74, 6) is -0.586. The number of anilines is 1. The number of carbonyl (C=O) groups excluding carboxylic acids is 2. The van der Waals surface area contributed by atoms with E-state index in [9.17, 15) is 18.0 Å². The number of benzene rings is 2. The highest BCUT2D eigenvalue weighted by atomic mass is 32.2. The third-order valence-corrected chi connectivity index (χ3v) is 8.65. The van der Waals surface area contributed by atoms with Crippen molar-refractivity contribution in [3.63, 3.8) is 0 Å². The highest BCUT2D eigenvalue weighted by Gasteiger charge is 2.33. The van der Waals surface area contributed by atoms with Crippen molar-refractivity contribution < 1.29 is 18.0 Å². The van der Waals surface area contributed by atoms with E-state index in [1.807, 2.05) is 50.2 Å². The zero-order valence-electron chi connectivity index (χ0n) is 24.4. The molecule has 0 unspecified atom stereocenters. The number of amides is 2. The molecule has 0 aliphatic heterocycles. The molecule has 0 saturated heterocycles. The molecule has 1 atom stereocenters. The van der Waals surface area contributed by atoms with Gasteiger partial charge in [-0.05, 0) is 54.9 Å². The first kappa shape index (κ1) is 30.7. The number of carbonyl (C=O) groups is 2. The Morgan fingerprint density at radius 2 is 1.56 bits per heavy atom. The Balaban J connectivity index is 1.91. The average molecular weight is 556 g/mol. The van der Waals surface area contributed by atoms with Crippen LogP contribution in [0.15, 0.2) is 48.5 Å². The van der Waals surface area contributed by atoms with E-state index in [-0.39, 0.29) is 30.5 Å². The highest BCUT2D eigenvalue weighted by molar-refractivity contribution is 7.92. The molecule has 214 valence electrons. The molecule has 0 heterocycles. The summed E-state index contributed by atoms with van der Waals surface area (Å²) in [6.45, 7) is 9.99. The fraction of sp³-hybridized carbons (Fsp3) is 0.548. The first-order valence-corrected chi connectivity index (χ1v) is 15.9. The van der Waals surface area contributed by atoms with Crippen LogP contribution in [0.25, 0.3) is 0 Å². The number of nitrogens with zero attached hydrogens (tertiary/aromatic N) is 2. The number of aryl methyl sites for hydroxylation is 1. The minimum Gasteiger partial charge on any atom is -0.352 e. The van der Waals surface area contributed by atoms with Crippen LogP contribution in [0, 0.1) is 6.92 Å². The van der Waals surface area contributed by atoms with Gasteiger partial charge in [0.2, 0.25) is 21.8 Å². The van der Waals surface area contributed by atoms with Crippen LogP contribution < -0.4 is 9.62 Å². The van der Waals surface area contributed by atoms with Gasteiger partial charge >= 0.3 is 0 Å². The Bertz CT molecular complexity index is 1210. The second kappa shape index (κ2) is 13.0. The van der Waals surface area contributed by atoms with Crippen LogP contribution in [-0.4, -0.2) is 50.0 Å². The molecular weight excluding hydrogens is 510 g/mol. The van der Waals surface area contributed by atoms with Crippen molar-refractivity contribution >= 4 is 27.5 Å². The minimum atomic E-state index is -3.76. The van der Waals surface area contributed by atoms with Gasteiger partial charge in [-0.25, -0.2) is 8.42 Å². The maximum Gasteiger partial charge on any atom is 0.244 e. The van der Waals surface area contributed by atoms with Gasteiger partial charge in [0.25, 0.3) is 0 Å². The SMILES string of the molecule is CC[C@H](C(=O)NC1CCCCC1)N(Cc1ccc(C)cc1)C(=O)CN(c1ccc(C(C)(C)C)cc1)S(C)(=O)=O. The summed E-state index contributed by atoms with van der Waals surface area (Å²) in [6.07, 6.45) is 6.78. The van der Waals surface area contributed by atoms with E-state index < -0.39 is 22.0 Å². The van der Waals surface area contributed by atoms with Crippen LogP contribution in [0.3, 0.4) is 0 Å². The smallest absolute Gasteiger partial charge is 0.244 e. The fourth-order valence-electron chi connectivity index (χ4n) is 5.10. The predicted molar refractivity (Wildman–Crippen MR) is 158 cm³/mol. The molecule has 1 aliphatic rings. The third-order valence-electron chi connectivity index (χ3n) is 7.51. The van der Waals surface area contributed by atoms with E-state index in [0.717, 1.165) is 52.9 Å². The van der Waals surface area contributed by atoms with Crippen molar-refractivity contribution in [2.45, 2.75) is 97.2 Å². The summed E-state index contributed by atoms with van der Waals surface area (Å²) >= 11 is 0. The van der Waals surface area contributed by atoms with Gasteiger partial charge in [0.15, 0.2) is 0 Å². The normalized spacial score (nSPS) is 15.4. The third kappa shape index (κ3) is 8.56.